The van der Waals surface area contributed by atoms with E-state index in [4.69, 9.17) is 0 Å². The van der Waals surface area contributed by atoms with Crippen molar-refractivity contribution in [1.82, 2.24) is 0 Å². The second-order valence-electron chi connectivity index (χ2n) is 6.92. The average Bonchev–Trinajstić information content (AvgIpc) is 2.53. The Balaban J connectivity index is 2.48. The zero-order valence-corrected chi connectivity index (χ0v) is 16.5. The molecule has 0 bridgehead atoms. The number of rotatable bonds is 3. The van der Waals surface area contributed by atoms with E-state index in [1.165, 1.54) is 0 Å². The zero-order chi connectivity index (χ0) is 19.2. The van der Waals surface area contributed by atoms with E-state index in [-0.39, 0.29) is 5.75 Å². The van der Waals surface area contributed by atoms with Gasteiger partial charge in [0.15, 0.2) is 0 Å². The van der Waals surface area contributed by atoms with Crippen LogP contribution in [0, 0.1) is 27.7 Å². The van der Waals surface area contributed by atoms with Crippen LogP contribution in [0.15, 0.2) is 36.4 Å². The molecule has 0 fully saturated rings. The monoisotopic (exact) mass is 369 g/mol. The fraction of sp³-hybridized carbons (Fsp3) is 0.238. The van der Waals surface area contributed by atoms with Crippen molar-refractivity contribution < 1.29 is 13.5 Å². The van der Waals surface area contributed by atoms with Gasteiger partial charge in [0.25, 0.3) is 0 Å². The van der Waals surface area contributed by atoms with E-state index in [1.54, 1.807) is 6.07 Å². The van der Waals surface area contributed by atoms with Crippen LogP contribution in [-0.2, 0) is 10.0 Å². The van der Waals surface area contributed by atoms with E-state index in [0.717, 1.165) is 39.3 Å². The highest BCUT2D eigenvalue weighted by Gasteiger charge is 2.20. The van der Waals surface area contributed by atoms with Crippen molar-refractivity contribution in [2.75, 3.05) is 11.0 Å². The number of aromatic hydroxyl groups is 1. The first kappa shape index (κ1) is 18.3. The molecule has 4 nitrogen and oxygen atoms in total. The van der Waals surface area contributed by atoms with Gasteiger partial charge in [-0.05, 0) is 67.3 Å². The Bertz CT molecular complexity index is 1130. The summed E-state index contributed by atoms with van der Waals surface area (Å²) in [4.78, 5) is 0. The summed E-state index contributed by atoms with van der Waals surface area (Å²) in [6.45, 7) is 7.91. The fourth-order valence-electron chi connectivity index (χ4n) is 3.37. The van der Waals surface area contributed by atoms with Crippen molar-refractivity contribution in [2.24, 2.45) is 0 Å². The third kappa shape index (κ3) is 3.27. The van der Waals surface area contributed by atoms with E-state index in [2.05, 4.69) is 4.72 Å². The van der Waals surface area contributed by atoms with E-state index < -0.39 is 10.0 Å². The van der Waals surface area contributed by atoms with Gasteiger partial charge in [0, 0.05) is 11.1 Å². The maximum atomic E-state index is 11.9. The number of hydrogen-bond donors (Lipinski definition) is 2. The summed E-state index contributed by atoms with van der Waals surface area (Å²) < 4.78 is 26.5. The highest BCUT2D eigenvalue weighted by molar-refractivity contribution is 7.92. The van der Waals surface area contributed by atoms with Crippen LogP contribution in [0.3, 0.4) is 0 Å². The molecule has 5 heteroatoms. The molecule has 136 valence electrons. The molecule has 0 aliphatic rings. The van der Waals surface area contributed by atoms with Crippen LogP contribution in [-0.4, -0.2) is 19.8 Å². The van der Waals surface area contributed by atoms with Crippen LogP contribution < -0.4 is 4.72 Å². The first-order valence-corrected chi connectivity index (χ1v) is 10.3. The minimum Gasteiger partial charge on any atom is -0.507 e. The third-order valence-electron chi connectivity index (χ3n) is 4.86. The summed E-state index contributed by atoms with van der Waals surface area (Å²) in [5.74, 6) is 0.131. The molecule has 0 saturated carbocycles. The first-order valence-electron chi connectivity index (χ1n) is 8.40. The highest BCUT2D eigenvalue weighted by Crippen LogP contribution is 2.44. The molecule has 2 N–H and O–H groups in total. The normalized spacial score (nSPS) is 11.7. The number of sulfonamides is 1. The van der Waals surface area contributed by atoms with Crippen molar-refractivity contribution >= 4 is 26.5 Å². The summed E-state index contributed by atoms with van der Waals surface area (Å²) in [5, 5.41) is 12.6. The second-order valence-corrected chi connectivity index (χ2v) is 8.67. The standard InChI is InChI=1S/C21H23NO3S/c1-12-6-7-16-8-9-19(23)21(17(16)10-12)20-15(4)14(3)13(2)11-18(20)22-26(5,24)25/h6-11,22-23H,1-5H3. The van der Waals surface area contributed by atoms with Gasteiger partial charge < -0.3 is 5.11 Å². The van der Waals surface area contributed by atoms with Crippen molar-refractivity contribution in [3.05, 3.63) is 58.7 Å². The number of fused-ring (bicyclic) bond motifs is 1. The molecule has 0 aromatic heterocycles. The van der Waals surface area contributed by atoms with Crippen LogP contribution in [0.5, 0.6) is 5.75 Å². The zero-order valence-electron chi connectivity index (χ0n) is 15.6. The number of anilines is 1. The minimum absolute atomic E-state index is 0.131. The topological polar surface area (TPSA) is 66.4 Å². The van der Waals surface area contributed by atoms with Crippen LogP contribution in [0.4, 0.5) is 5.69 Å². The Morgan fingerprint density at radius 3 is 2.19 bits per heavy atom. The number of aryl methyl sites for hydroxylation is 2. The van der Waals surface area contributed by atoms with Gasteiger partial charge in [-0.1, -0.05) is 29.8 Å². The number of benzene rings is 3. The Hall–Kier alpha value is -2.53. The minimum atomic E-state index is -3.46. The SMILES string of the molecule is Cc1ccc2ccc(O)c(-c3c(NS(C)(=O)=O)cc(C)c(C)c3C)c2c1. The molecule has 0 radical (unpaired) electrons. The number of phenolic OH excluding ortho intramolecular Hbond substituents is 1. The van der Waals surface area contributed by atoms with Crippen LogP contribution in [0.1, 0.15) is 22.3 Å². The van der Waals surface area contributed by atoms with Crippen molar-refractivity contribution in [3.63, 3.8) is 0 Å². The molecular weight excluding hydrogens is 346 g/mol. The summed E-state index contributed by atoms with van der Waals surface area (Å²) in [7, 11) is -3.46. The van der Waals surface area contributed by atoms with Gasteiger partial charge >= 0.3 is 0 Å². The Morgan fingerprint density at radius 1 is 0.885 bits per heavy atom. The smallest absolute Gasteiger partial charge is 0.229 e. The van der Waals surface area contributed by atoms with Gasteiger partial charge in [-0.3, -0.25) is 4.72 Å². The Labute approximate surface area is 154 Å². The van der Waals surface area contributed by atoms with E-state index in [0.29, 0.717) is 16.8 Å². The summed E-state index contributed by atoms with van der Waals surface area (Å²) >= 11 is 0. The molecule has 0 atom stereocenters. The lowest BCUT2D eigenvalue weighted by atomic mass is 9.88. The van der Waals surface area contributed by atoms with E-state index >= 15 is 0 Å². The number of nitrogens with one attached hydrogen (secondary N) is 1. The van der Waals surface area contributed by atoms with E-state index in [9.17, 15) is 13.5 Å². The largest absolute Gasteiger partial charge is 0.507 e. The molecule has 0 unspecified atom stereocenters. The molecule has 0 aliphatic heterocycles. The van der Waals surface area contributed by atoms with Gasteiger partial charge in [-0.25, -0.2) is 8.42 Å². The Kier molecular flexibility index (Phi) is 4.44. The molecule has 0 aliphatic carbocycles. The molecule has 3 aromatic rings. The molecule has 26 heavy (non-hydrogen) atoms. The van der Waals surface area contributed by atoms with Gasteiger partial charge in [-0.2, -0.15) is 0 Å². The van der Waals surface area contributed by atoms with Crippen LogP contribution >= 0.6 is 0 Å². The van der Waals surface area contributed by atoms with Gasteiger partial charge in [0.05, 0.1) is 11.9 Å². The number of hydrogen-bond acceptors (Lipinski definition) is 3. The summed E-state index contributed by atoms with van der Waals surface area (Å²) in [5.41, 5.74) is 5.93. The molecule has 0 spiro atoms. The van der Waals surface area contributed by atoms with Crippen molar-refractivity contribution in [1.29, 1.82) is 0 Å². The third-order valence-corrected chi connectivity index (χ3v) is 5.45. The van der Waals surface area contributed by atoms with Gasteiger partial charge in [-0.15, -0.1) is 0 Å². The lowest BCUT2D eigenvalue weighted by Gasteiger charge is -2.20. The maximum absolute atomic E-state index is 11.9. The fourth-order valence-corrected chi connectivity index (χ4v) is 3.93. The average molecular weight is 369 g/mol. The quantitative estimate of drug-likeness (QED) is 0.696. The number of phenols is 1. The van der Waals surface area contributed by atoms with Crippen LogP contribution in [0.2, 0.25) is 0 Å². The summed E-state index contributed by atoms with van der Waals surface area (Å²) in [6.07, 6.45) is 1.13. The predicted octanol–water partition coefficient (Wildman–Crippen LogP) is 4.82. The summed E-state index contributed by atoms with van der Waals surface area (Å²) in [6, 6.07) is 11.4. The molecule has 3 aromatic carbocycles. The van der Waals surface area contributed by atoms with Crippen LogP contribution in [0.25, 0.3) is 21.9 Å². The lowest BCUT2D eigenvalue weighted by Crippen LogP contribution is -2.12. The lowest BCUT2D eigenvalue weighted by molar-refractivity contribution is 0.478. The highest BCUT2D eigenvalue weighted by atomic mass is 32.2. The molecule has 0 heterocycles. The molecule has 0 saturated heterocycles. The molecule has 0 amide bonds. The van der Waals surface area contributed by atoms with Crippen molar-refractivity contribution in [3.8, 4) is 16.9 Å². The molecular formula is C21H23NO3S. The predicted molar refractivity (Wildman–Crippen MR) is 108 cm³/mol. The van der Waals surface area contributed by atoms with Crippen molar-refractivity contribution in [2.45, 2.75) is 27.7 Å². The van der Waals surface area contributed by atoms with E-state index in [1.807, 2.05) is 58.0 Å². The first-order chi connectivity index (χ1) is 12.1. The second kappa shape index (κ2) is 6.32. The van der Waals surface area contributed by atoms with Gasteiger partial charge in [0.2, 0.25) is 10.0 Å². The van der Waals surface area contributed by atoms with Gasteiger partial charge in [0.1, 0.15) is 5.75 Å². The molecule has 3 rings (SSSR count). The Morgan fingerprint density at radius 2 is 1.54 bits per heavy atom. The maximum Gasteiger partial charge on any atom is 0.229 e.